The number of hydrogen-bond donors (Lipinski definition) is 2. The van der Waals surface area contributed by atoms with Gasteiger partial charge in [0.25, 0.3) is 0 Å². The largest absolute Gasteiger partial charge is 0.491 e. The fourth-order valence-electron chi connectivity index (χ4n) is 1.55. The summed E-state index contributed by atoms with van der Waals surface area (Å²) in [6, 6.07) is 4.06. The number of rotatable bonds is 7. The first-order valence-corrected chi connectivity index (χ1v) is 6.17. The van der Waals surface area contributed by atoms with Crippen molar-refractivity contribution in [2.24, 2.45) is 5.73 Å². The normalized spacial score (nSPS) is 12.2. The van der Waals surface area contributed by atoms with Gasteiger partial charge in [0, 0.05) is 7.11 Å². The number of alkyl halides is 3. The van der Waals surface area contributed by atoms with Crippen molar-refractivity contribution in [3.8, 4) is 5.75 Å². The molecule has 0 aliphatic heterocycles. The average molecular weight is 343 g/mol. The highest BCUT2D eigenvalue weighted by atomic mass is 35.5. The van der Waals surface area contributed by atoms with Crippen LogP contribution in [0.5, 0.6) is 5.75 Å². The molecule has 5 nitrogen and oxygen atoms in total. The van der Waals surface area contributed by atoms with Crippen LogP contribution in [0, 0.1) is 0 Å². The second-order valence-corrected chi connectivity index (χ2v) is 4.20. The second-order valence-electron chi connectivity index (χ2n) is 4.20. The first-order chi connectivity index (χ1) is 9.86. The Morgan fingerprint density at radius 2 is 2.00 bits per heavy atom. The fourth-order valence-corrected chi connectivity index (χ4v) is 1.55. The molecule has 1 rings (SSSR count). The third kappa shape index (κ3) is 6.50. The molecule has 9 heteroatoms. The minimum Gasteiger partial charge on any atom is -0.491 e. The molecule has 1 aromatic rings. The van der Waals surface area contributed by atoms with Gasteiger partial charge >= 0.3 is 6.18 Å². The summed E-state index contributed by atoms with van der Waals surface area (Å²) in [4.78, 5) is 11.4. The van der Waals surface area contributed by atoms with Gasteiger partial charge in [0.15, 0.2) is 0 Å². The molecule has 0 radical (unpaired) electrons. The predicted molar refractivity (Wildman–Crippen MR) is 77.0 cm³/mol. The monoisotopic (exact) mass is 342 g/mol. The molecular formula is C13H18ClF3N2O3. The van der Waals surface area contributed by atoms with Crippen molar-refractivity contribution in [3.05, 3.63) is 29.8 Å². The van der Waals surface area contributed by atoms with Crippen molar-refractivity contribution in [1.82, 2.24) is 5.32 Å². The number of nitrogens with one attached hydrogen (secondary N) is 1. The fraction of sp³-hybridized carbons (Fsp3) is 0.462. The van der Waals surface area contributed by atoms with Gasteiger partial charge in [0.1, 0.15) is 18.4 Å². The summed E-state index contributed by atoms with van der Waals surface area (Å²) in [5, 5.41) is 2.45. The molecule has 1 aromatic carbocycles. The van der Waals surface area contributed by atoms with Gasteiger partial charge in [-0.25, -0.2) is 0 Å². The highest BCUT2D eigenvalue weighted by molar-refractivity contribution is 5.85. The molecule has 0 spiro atoms. The molecule has 1 amide bonds. The topological polar surface area (TPSA) is 73.6 Å². The van der Waals surface area contributed by atoms with E-state index >= 15 is 0 Å². The number of carbonyl (C=O) groups excluding carboxylic acids is 1. The lowest BCUT2D eigenvalue weighted by Crippen LogP contribution is -2.44. The molecule has 22 heavy (non-hydrogen) atoms. The number of carbonyl (C=O) groups is 1. The summed E-state index contributed by atoms with van der Waals surface area (Å²) in [6.07, 6.45) is -4.49. The van der Waals surface area contributed by atoms with Crippen LogP contribution >= 0.6 is 12.4 Å². The van der Waals surface area contributed by atoms with Crippen molar-refractivity contribution in [3.63, 3.8) is 0 Å². The minimum atomic E-state index is -4.49. The highest BCUT2D eigenvalue weighted by Crippen LogP contribution is 2.35. The Labute approximate surface area is 132 Å². The molecule has 0 bridgehead atoms. The Balaban J connectivity index is 0.00000441. The van der Waals surface area contributed by atoms with Crippen molar-refractivity contribution < 1.29 is 27.4 Å². The van der Waals surface area contributed by atoms with E-state index in [1.165, 1.54) is 25.3 Å². The van der Waals surface area contributed by atoms with Crippen LogP contribution in [0.3, 0.4) is 0 Å². The Hall–Kier alpha value is -1.51. The van der Waals surface area contributed by atoms with Gasteiger partial charge in [0.05, 0.1) is 18.7 Å². The molecule has 3 N–H and O–H groups in total. The Bertz CT molecular complexity index is 472. The van der Waals surface area contributed by atoms with Gasteiger partial charge in [-0.15, -0.1) is 12.4 Å². The number of nitrogens with two attached hydrogens (primary N) is 1. The Kier molecular flexibility index (Phi) is 8.84. The van der Waals surface area contributed by atoms with Gasteiger partial charge < -0.3 is 20.5 Å². The number of methoxy groups -OCH3 is 1. The third-order valence-corrected chi connectivity index (χ3v) is 2.53. The van der Waals surface area contributed by atoms with Crippen molar-refractivity contribution in [1.29, 1.82) is 0 Å². The third-order valence-electron chi connectivity index (χ3n) is 2.53. The molecule has 0 aliphatic rings. The zero-order valence-corrected chi connectivity index (χ0v) is 12.7. The molecule has 0 fully saturated rings. The molecule has 0 heterocycles. The number of amides is 1. The lowest BCUT2D eigenvalue weighted by Gasteiger charge is -2.15. The van der Waals surface area contributed by atoms with Crippen LogP contribution in [0.15, 0.2) is 24.3 Å². The summed E-state index contributed by atoms with van der Waals surface area (Å²) in [5.74, 6) is -0.731. The molecule has 1 unspecified atom stereocenters. The zero-order chi connectivity index (χ0) is 15.9. The molecule has 0 saturated heterocycles. The van der Waals surface area contributed by atoms with Gasteiger partial charge in [-0.1, -0.05) is 12.1 Å². The molecule has 1 atom stereocenters. The molecule has 0 aliphatic carbocycles. The van der Waals surface area contributed by atoms with Crippen LogP contribution in [-0.4, -0.2) is 38.8 Å². The van der Waals surface area contributed by atoms with E-state index in [9.17, 15) is 18.0 Å². The van der Waals surface area contributed by atoms with E-state index in [0.29, 0.717) is 0 Å². The number of hydrogen-bond acceptors (Lipinski definition) is 4. The van der Waals surface area contributed by atoms with E-state index in [-0.39, 0.29) is 37.9 Å². The van der Waals surface area contributed by atoms with Crippen molar-refractivity contribution in [2.45, 2.75) is 12.2 Å². The quantitative estimate of drug-likeness (QED) is 0.738. The molecular weight excluding hydrogens is 325 g/mol. The van der Waals surface area contributed by atoms with Crippen LogP contribution in [0.2, 0.25) is 0 Å². The van der Waals surface area contributed by atoms with Gasteiger partial charge in [0.2, 0.25) is 5.91 Å². The van der Waals surface area contributed by atoms with Crippen molar-refractivity contribution in [2.75, 3.05) is 26.9 Å². The maximum absolute atomic E-state index is 12.7. The maximum atomic E-state index is 12.7. The minimum absolute atomic E-state index is 0. The van der Waals surface area contributed by atoms with Gasteiger partial charge in [-0.2, -0.15) is 13.2 Å². The smallest absolute Gasteiger partial charge is 0.419 e. The Morgan fingerprint density at radius 3 is 2.59 bits per heavy atom. The van der Waals surface area contributed by atoms with E-state index in [4.69, 9.17) is 15.2 Å². The first-order valence-electron chi connectivity index (χ1n) is 6.17. The first kappa shape index (κ1) is 20.5. The SMILES string of the molecule is COCC(N)C(=O)NCCOc1ccccc1C(F)(F)F.Cl. The lowest BCUT2D eigenvalue weighted by atomic mass is 10.2. The van der Waals surface area contributed by atoms with E-state index < -0.39 is 23.7 Å². The molecule has 0 saturated carbocycles. The summed E-state index contributed by atoms with van der Waals surface area (Å²) in [7, 11) is 1.41. The maximum Gasteiger partial charge on any atom is 0.419 e. The number of para-hydroxylation sites is 1. The molecule has 0 aromatic heterocycles. The lowest BCUT2D eigenvalue weighted by molar-refractivity contribution is -0.139. The van der Waals surface area contributed by atoms with Crippen molar-refractivity contribution >= 4 is 18.3 Å². The van der Waals surface area contributed by atoms with Crippen LogP contribution in [0.4, 0.5) is 13.2 Å². The van der Waals surface area contributed by atoms with Crippen LogP contribution in [0.25, 0.3) is 0 Å². The number of ether oxygens (including phenoxy) is 2. The van der Waals surface area contributed by atoms with Gasteiger partial charge in [-0.05, 0) is 12.1 Å². The predicted octanol–water partition coefficient (Wildman–Crippen LogP) is 1.60. The van der Waals surface area contributed by atoms with Crippen LogP contribution < -0.4 is 15.8 Å². The van der Waals surface area contributed by atoms with E-state index in [2.05, 4.69) is 5.32 Å². The summed E-state index contributed by atoms with van der Waals surface area (Å²) in [6.45, 7) is 0.00454. The van der Waals surface area contributed by atoms with E-state index in [1.807, 2.05) is 0 Å². The van der Waals surface area contributed by atoms with Gasteiger partial charge in [-0.3, -0.25) is 4.79 Å². The number of benzene rings is 1. The zero-order valence-electron chi connectivity index (χ0n) is 11.9. The Morgan fingerprint density at radius 1 is 1.36 bits per heavy atom. The summed E-state index contributed by atoms with van der Waals surface area (Å²) >= 11 is 0. The molecule has 126 valence electrons. The summed E-state index contributed by atoms with van der Waals surface area (Å²) in [5.41, 5.74) is 4.62. The summed E-state index contributed by atoms with van der Waals surface area (Å²) < 4.78 is 47.8. The highest BCUT2D eigenvalue weighted by Gasteiger charge is 2.33. The van der Waals surface area contributed by atoms with E-state index in [0.717, 1.165) is 6.07 Å². The average Bonchev–Trinajstić information content (AvgIpc) is 2.43. The van der Waals surface area contributed by atoms with Crippen LogP contribution in [-0.2, 0) is 15.7 Å². The standard InChI is InChI=1S/C13H17F3N2O3.ClH/c1-20-8-10(17)12(19)18-6-7-21-11-5-3-2-4-9(11)13(14,15)16;/h2-5,10H,6-8,17H2,1H3,(H,18,19);1H. The second kappa shape index (κ2) is 9.50. The van der Waals surface area contributed by atoms with Crippen LogP contribution in [0.1, 0.15) is 5.56 Å². The number of halogens is 4. The van der Waals surface area contributed by atoms with E-state index in [1.54, 1.807) is 0 Å².